The monoisotopic (exact) mass is 114 g/mol. The summed E-state index contributed by atoms with van der Waals surface area (Å²) < 4.78 is 0. The van der Waals surface area contributed by atoms with Gasteiger partial charge in [0.05, 0.1) is 0 Å². The largest absolute Gasteiger partial charge is 0.271 e. The first-order chi connectivity index (χ1) is 3.69. The van der Waals surface area contributed by atoms with Crippen molar-refractivity contribution >= 4 is 0 Å². The molecule has 2 nitrogen and oxygen atoms in total. The van der Waals surface area contributed by atoms with Crippen molar-refractivity contribution in [2.45, 2.75) is 32.7 Å². The molecular formula is C6H14N2. The van der Waals surface area contributed by atoms with Crippen molar-refractivity contribution in [3.63, 3.8) is 0 Å². The van der Waals surface area contributed by atoms with Gasteiger partial charge < -0.3 is 0 Å². The summed E-state index contributed by atoms with van der Waals surface area (Å²) in [7, 11) is 0. The molecule has 0 radical (unpaired) electrons. The van der Waals surface area contributed by atoms with E-state index in [4.69, 9.17) is 5.84 Å². The van der Waals surface area contributed by atoms with E-state index < -0.39 is 0 Å². The second-order valence-corrected chi connectivity index (χ2v) is 3.04. The molecule has 0 amide bonds. The first-order valence-electron chi connectivity index (χ1n) is 3.15. The Morgan fingerprint density at radius 3 is 2.25 bits per heavy atom. The molecule has 0 bridgehead atoms. The van der Waals surface area contributed by atoms with Crippen molar-refractivity contribution in [2.75, 3.05) is 0 Å². The van der Waals surface area contributed by atoms with Gasteiger partial charge in [-0.2, -0.15) is 0 Å². The Kier molecular flexibility index (Phi) is 1.29. The van der Waals surface area contributed by atoms with E-state index >= 15 is 0 Å². The molecule has 0 heterocycles. The zero-order valence-corrected chi connectivity index (χ0v) is 5.57. The van der Waals surface area contributed by atoms with Crippen molar-refractivity contribution in [1.82, 2.24) is 5.43 Å². The van der Waals surface area contributed by atoms with Crippen LogP contribution in [0.1, 0.15) is 26.7 Å². The van der Waals surface area contributed by atoms with Crippen LogP contribution in [-0.2, 0) is 0 Å². The Balaban J connectivity index is 2.34. The van der Waals surface area contributed by atoms with Gasteiger partial charge in [-0.25, -0.2) is 0 Å². The first-order valence-corrected chi connectivity index (χ1v) is 3.15. The Morgan fingerprint density at radius 2 is 2.12 bits per heavy atom. The molecule has 0 aromatic rings. The van der Waals surface area contributed by atoms with Crippen molar-refractivity contribution in [2.24, 2.45) is 11.3 Å². The molecule has 3 N–H and O–H groups in total. The number of hydrazine groups is 1. The minimum atomic E-state index is 0.488. The van der Waals surface area contributed by atoms with Gasteiger partial charge in [0.15, 0.2) is 0 Å². The first kappa shape index (κ1) is 6.05. The lowest BCUT2D eigenvalue weighted by molar-refractivity contribution is 0.388. The third-order valence-electron chi connectivity index (χ3n) is 2.33. The molecule has 1 atom stereocenters. The molecule has 1 aliphatic rings. The fraction of sp³-hybridized carbons (Fsp3) is 1.00. The lowest BCUT2D eigenvalue weighted by atomic mass is 10.0. The van der Waals surface area contributed by atoms with Gasteiger partial charge >= 0.3 is 0 Å². The third-order valence-corrected chi connectivity index (χ3v) is 2.33. The van der Waals surface area contributed by atoms with Gasteiger partial charge in [-0.15, -0.1) is 0 Å². The van der Waals surface area contributed by atoms with Gasteiger partial charge in [0.1, 0.15) is 0 Å². The van der Waals surface area contributed by atoms with Crippen LogP contribution < -0.4 is 11.3 Å². The summed E-state index contributed by atoms with van der Waals surface area (Å²) in [4.78, 5) is 0. The van der Waals surface area contributed by atoms with E-state index in [2.05, 4.69) is 19.3 Å². The second kappa shape index (κ2) is 1.71. The van der Waals surface area contributed by atoms with E-state index in [9.17, 15) is 0 Å². The molecule has 48 valence electrons. The van der Waals surface area contributed by atoms with Gasteiger partial charge in [0.25, 0.3) is 0 Å². The quantitative estimate of drug-likeness (QED) is 0.408. The predicted molar refractivity (Wildman–Crippen MR) is 34.1 cm³/mol. The van der Waals surface area contributed by atoms with Crippen LogP contribution in [0, 0.1) is 5.41 Å². The Labute approximate surface area is 50.4 Å². The fourth-order valence-corrected chi connectivity index (χ4v) is 0.831. The zero-order chi connectivity index (χ0) is 6.20. The topological polar surface area (TPSA) is 38.0 Å². The molecule has 1 fully saturated rings. The summed E-state index contributed by atoms with van der Waals surface area (Å²) in [6.07, 6.45) is 2.66. The van der Waals surface area contributed by atoms with E-state index in [0.29, 0.717) is 11.5 Å². The molecule has 0 aromatic heterocycles. The maximum atomic E-state index is 5.25. The van der Waals surface area contributed by atoms with Crippen LogP contribution in [0.5, 0.6) is 0 Å². The summed E-state index contributed by atoms with van der Waals surface area (Å²) >= 11 is 0. The average molecular weight is 114 g/mol. The Hall–Kier alpha value is -0.0800. The normalized spacial score (nSPS) is 27.4. The number of hydrogen-bond acceptors (Lipinski definition) is 2. The highest BCUT2D eigenvalue weighted by Crippen LogP contribution is 2.47. The maximum Gasteiger partial charge on any atom is 0.0236 e. The van der Waals surface area contributed by atoms with Gasteiger partial charge in [-0.3, -0.25) is 11.3 Å². The predicted octanol–water partition coefficient (Wildman–Crippen LogP) is 0.638. The van der Waals surface area contributed by atoms with Gasteiger partial charge in [-0.05, 0) is 25.2 Å². The highest BCUT2D eigenvalue weighted by Gasteiger charge is 2.41. The van der Waals surface area contributed by atoms with Crippen LogP contribution in [-0.4, -0.2) is 6.04 Å². The fourth-order valence-electron chi connectivity index (χ4n) is 0.831. The number of hydrogen-bond donors (Lipinski definition) is 2. The van der Waals surface area contributed by atoms with Gasteiger partial charge in [0.2, 0.25) is 0 Å². The van der Waals surface area contributed by atoms with E-state index in [1.54, 1.807) is 0 Å². The van der Waals surface area contributed by atoms with Gasteiger partial charge in [-0.1, -0.05) is 6.92 Å². The van der Waals surface area contributed by atoms with Crippen molar-refractivity contribution in [1.29, 1.82) is 0 Å². The molecule has 1 aliphatic carbocycles. The molecule has 1 rings (SSSR count). The Morgan fingerprint density at radius 1 is 1.62 bits per heavy atom. The lowest BCUT2D eigenvalue weighted by Crippen LogP contribution is -2.38. The second-order valence-electron chi connectivity index (χ2n) is 3.04. The third kappa shape index (κ3) is 0.858. The molecular weight excluding hydrogens is 100 g/mol. The number of nitrogens with two attached hydrogens (primary N) is 1. The minimum absolute atomic E-state index is 0.488. The highest BCUT2D eigenvalue weighted by molar-refractivity contribution is 4.95. The number of nitrogens with one attached hydrogen (secondary N) is 1. The van der Waals surface area contributed by atoms with Crippen molar-refractivity contribution in [3.05, 3.63) is 0 Å². The summed E-state index contributed by atoms with van der Waals surface area (Å²) in [5.74, 6) is 5.25. The summed E-state index contributed by atoms with van der Waals surface area (Å²) in [5.41, 5.74) is 3.29. The van der Waals surface area contributed by atoms with Crippen LogP contribution in [0.3, 0.4) is 0 Å². The van der Waals surface area contributed by atoms with Gasteiger partial charge in [0, 0.05) is 6.04 Å². The van der Waals surface area contributed by atoms with E-state index in [-0.39, 0.29) is 0 Å². The van der Waals surface area contributed by atoms with Crippen LogP contribution in [0.4, 0.5) is 0 Å². The molecule has 2 heteroatoms. The summed E-state index contributed by atoms with van der Waals surface area (Å²) in [6.45, 7) is 4.39. The van der Waals surface area contributed by atoms with Crippen LogP contribution in [0.2, 0.25) is 0 Å². The van der Waals surface area contributed by atoms with Crippen molar-refractivity contribution in [3.8, 4) is 0 Å². The van der Waals surface area contributed by atoms with Crippen LogP contribution in [0.25, 0.3) is 0 Å². The molecule has 0 spiro atoms. The zero-order valence-electron chi connectivity index (χ0n) is 5.57. The number of rotatable bonds is 2. The highest BCUT2D eigenvalue weighted by atomic mass is 15.2. The molecule has 0 aromatic carbocycles. The van der Waals surface area contributed by atoms with Crippen LogP contribution in [0.15, 0.2) is 0 Å². The average Bonchev–Trinajstić information content (AvgIpc) is 2.47. The molecule has 1 unspecified atom stereocenters. The molecule has 0 aliphatic heterocycles. The smallest absolute Gasteiger partial charge is 0.0236 e. The summed E-state index contributed by atoms with van der Waals surface area (Å²) in [5, 5.41) is 0. The van der Waals surface area contributed by atoms with E-state index in [1.807, 2.05) is 0 Å². The molecule has 8 heavy (non-hydrogen) atoms. The summed E-state index contributed by atoms with van der Waals surface area (Å²) in [6, 6.07) is 0.488. The van der Waals surface area contributed by atoms with E-state index in [0.717, 1.165) is 0 Å². The molecule has 1 saturated carbocycles. The van der Waals surface area contributed by atoms with Crippen LogP contribution >= 0.6 is 0 Å². The SMILES string of the molecule is CC(NN)C1(C)CC1. The lowest BCUT2D eigenvalue weighted by Gasteiger charge is -2.16. The maximum absolute atomic E-state index is 5.25. The Bertz CT molecular complexity index is 86.5. The van der Waals surface area contributed by atoms with E-state index in [1.165, 1.54) is 12.8 Å². The molecule has 0 saturated heterocycles. The standard InChI is InChI=1S/C6H14N2/c1-5(8-7)6(2)3-4-6/h5,8H,3-4,7H2,1-2H3. The minimum Gasteiger partial charge on any atom is -0.271 e. The van der Waals surface area contributed by atoms with Crippen molar-refractivity contribution < 1.29 is 0 Å².